The van der Waals surface area contributed by atoms with E-state index >= 15 is 0 Å². The molecule has 5 aromatic carbocycles. The Labute approximate surface area is 278 Å². The summed E-state index contributed by atoms with van der Waals surface area (Å²) in [5.74, 6) is 0.863. The monoisotopic (exact) mass is 765 g/mol. The first kappa shape index (κ1) is 30.2. The van der Waals surface area contributed by atoms with Crippen LogP contribution in [-0.4, -0.2) is 19.6 Å². The van der Waals surface area contributed by atoms with Crippen molar-refractivity contribution in [2.24, 2.45) is 0 Å². The van der Waals surface area contributed by atoms with Crippen molar-refractivity contribution in [3.05, 3.63) is 145 Å². The Morgan fingerprint density at radius 2 is 1.33 bits per heavy atom. The van der Waals surface area contributed by atoms with Crippen molar-refractivity contribution in [1.29, 1.82) is 0 Å². The summed E-state index contributed by atoms with van der Waals surface area (Å²) in [7, 11) is 0. The predicted molar refractivity (Wildman–Crippen MR) is 180 cm³/mol. The van der Waals surface area contributed by atoms with E-state index in [4.69, 9.17) is 9.97 Å². The summed E-state index contributed by atoms with van der Waals surface area (Å²) in [5.41, 5.74) is 10.5. The zero-order valence-electron chi connectivity index (χ0n) is 25.3. The number of hydrogen-bond donors (Lipinski definition) is 1. The smallest absolute Gasteiger partial charge is 0.148 e. The Bertz CT molecular complexity index is 2110. The van der Waals surface area contributed by atoms with E-state index in [0.29, 0.717) is 11.4 Å². The van der Waals surface area contributed by atoms with Gasteiger partial charge in [0.15, 0.2) is 0 Å². The molecule has 5 heteroatoms. The van der Waals surface area contributed by atoms with Gasteiger partial charge in [-0.05, 0) is 52.9 Å². The number of imidazole rings is 1. The number of aromatic nitrogens is 3. The van der Waals surface area contributed by atoms with Crippen molar-refractivity contribution in [2.45, 2.75) is 26.2 Å². The maximum atomic E-state index is 10.9. The number of fused-ring (bicyclic) bond motifs is 1. The quantitative estimate of drug-likeness (QED) is 0.178. The molecule has 45 heavy (non-hydrogen) atoms. The zero-order chi connectivity index (χ0) is 30.3. The molecule has 0 aliphatic heterocycles. The number of rotatable bonds is 5. The van der Waals surface area contributed by atoms with E-state index in [-0.39, 0.29) is 32.2 Å². The first-order chi connectivity index (χ1) is 21.4. The van der Waals surface area contributed by atoms with E-state index in [2.05, 4.69) is 110 Å². The van der Waals surface area contributed by atoms with E-state index in [1.165, 1.54) is 5.56 Å². The summed E-state index contributed by atoms with van der Waals surface area (Å²) in [6.07, 6.45) is 1.89. The van der Waals surface area contributed by atoms with Crippen LogP contribution in [-0.2, 0) is 26.5 Å². The Balaban J connectivity index is 0.00000357. The van der Waals surface area contributed by atoms with Crippen LogP contribution in [0.1, 0.15) is 26.3 Å². The van der Waals surface area contributed by atoms with Crippen LogP contribution in [0.4, 0.5) is 0 Å². The van der Waals surface area contributed by atoms with Gasteiger partial charge >= 0.3 is 0 Å². The third-order valence-electron chi connectivity index (χ3n) is 8.01. The summed E-state index contributed by atoms with van der Waals surface area (Å²) in [6.45, 7) is 6.65. The topological polar surface area (TPSA) is 50.9 Å². The van der Waals surface area contributed by atoms with Gasteiger partial charge in [0.25, 0.3) is 0 Å². The van der Waals surface area contributed by atoms with Gasteiger partial charge in [-0.2, -0.15) is 0 Å². The van der Waals surface area contributed by atoms with Crippen LogP contribution in [0.2, 0.25) is 0 Å². The fourth-order valence-electron chi connectivity index (χ4n) is 5.69. The molecule has 0 bridgehead atoms. The van der Waals surface area contributed by atoms with Crippen molar-refractivity contribution >= 4 is 11.0 Å². The molecular formula is C40H32N3OPt-. The average Bonchev–Trinajstić information content (AvgIpc) is 3.45. The molecule has 0 amide bonds. The Kier molecular flexibility index (Phi) is 8.27. The van der Waals surface area contributed by atoms with Crippen LogP contribution in [0.3, 0.4) is 0 Å². The maximum Gasteiger partial charge on any atom is 0.148 e. The molecule has 0 saturated heterocycles. The molecule has 7 rings (SSSR count). The molecule has 0 aliphatic rings. The van der Waals surface area contributed by atoms with Crippen LogP contribution >= 0.6 is 0 Å². The number of pyridine rings is 1. The molecule has 2 heterocycles. The molecule has 0 spiro atoms. The molecule has 2 aromatic heterocycles. The number of nitrogens with zero attached hydrogens (tertiary/aromatic N) is 3. The third kappa shape index (κ3) is 5.86. The maximum absolute atomic E-state index is 10.9. The number of aromatic hydroxyl groups is 1. The predicted octanol–water partition coefficient (Wildman–Crippen LogP) is 9.89. The van der Waals surface area contributed by atoms with Crippen LogP contribution in [0, 0.1) is 6.07 Å². The molecule has 1 N–H and O–H groups in total. The van der Waals surface area contributed by atoms with Gasteiger partial charge in [-0.3, -0.25) is 9.55 Å². The zero-order valence-corrected chi connectivity index (χ0v) is 27.6. The van der Waals surface area contributed by atoms with Gasteiger partial charge in [0, 0.05) is 38.6 Å². The Morgan fingerprint density at radius 1 is 0.667 bits per heavy atom. The summed E-state index contributed by atoms with van der Waals surface area (Å²) in [4.78, 5) is 10.00. The van der Waals surface area contributed by atoms with Gasteiger partial charge in [-0.1, -0.05) is 116 Å². The van der Waals surface area contributed by atoms with Gasteiger partial charge in [-0.25, -0.2) is 4.98 Å². The molecule has 0 saturated carbocycles. The first-order valence-corrected chi connectivity index (χ1v) is 14.8. The number of phenolic OH excluding ortho intramolecular Hbond substituents is 1. The van der Waals surface area contributed by atoms with E-state index in [9.17, 15) is 5.11 Å². The van der Waals surface area contributed by atoms with Crippen molar-refractivity contribution in [3.8, 4) is 56.3 Å². The Hall–Kier alpha value is -4.79. The van der Waals surface area contributed by atoms with Gasteiger partial charge in [0.05, 0.1) is 16.6 Å². The molecule has 0 unspecified atom stereocenters. The summed E-state index contributed by atoms with van der Waals surface area (Å²) < 4.78 is 2.12. The van der Waals surface area contributed by atoms with Gasteiger partial charge in [0.1, 0.15) is 11.6 Å². The van der Waals surface area contributed by atoms with E-state index in [0.717, 1.165) is 50.2 Å². The minimum absolute atomic E-state index is 0. The average molecular weight is 766 g/mol. The van der Waals surface area contributed by atoms with Crippen molar-refractivity contribution < 1.29 is 26.2 Å². The third-order valence-corrected chi connectivity index (χ3v) is 8.01. The molecular weight excluding hydrogens is 734 g/mol. The summed E-state index contributed by atoms with van der Waals surface area (Å²) in [5, 5.41) is 10.9. The summed E-state index contributed by atoms with van der Waals surface area (Å²) >= 11 is 0. The normalized spacial score (nSPS) is 11.4. The van der Waals surface area contributed by atoms with Gasteiger partial charge in [0.2, 0.25) is 0 Å². The fraction of sp³-hybridized carbons (Fsp3) is 0.100. The minimum Gasteiger partial charge on any atom is -0.507 e. The molecule has 224 valence electrons. The fourth-order valence-corrected chi connectivity index (χ4v) is 5.69. The second-order valence-corrected chi connectivity index (χ2v) is 12.0. The minimum atomic E-state index is -0.00712. The molecule has 0 atom stereocenters. The van der Waals surface area contributed by atoms with Crippen LogP contribution in [0.25, 0.3) is 61.6 Å². The number of phenols is 1. The van der Waals surface area contributed by atoms with E-state index in [1.54, 1.807) is 6.07 Å². The standard InChI is InChI=1S/C40H32N3O.Pt/c1-40(2,3)31-21-22-41-35(26-31)30-24-28(27-13-6-4-7-14-27)23-29(25-30)33-18-12-19-36-38(33)42-39(34-17-10-11-20-37(34)44)43(36)32-15-8-5-9-16-32;/h4-24,26,44H,1-3H3;/q-1;. The number of benzene rings is 5. The molecule has 0 fully saturated rings. The first-order valence-electron chi connectivity index (χ1n) is 14.8. The van der Waals surface area contributed by atoms with E-state index in [1.807, 2.05) is 48.7 Å². The van der Waals surface area contributed by atoms with Gasteiger partial charge < -0.3 is 5.11 Å². The molecule has 0 aliphatic carbocycles. The number of hydrogen-bond acceptors (Lipinski definition) is 3. The van der Waals surface area contributed by atoms with Crippen molar-refractivity contribution in [1.82, 2.24) is 14.5 Å². The molecule has 0 radical (unpaired) electrons. The summed E-state index contributed by atoms with van der Waals surface area (Å²) in [6, 6.07) is 46.5. The second kappa shape index (κ2) is 12.3. The van der Waals surface area contributed by atoms with Crippen molar-refractivity contribution in [3.63, 3.8) is 0 Å². The SMILES string of the molecule is CC(C)(C)c1ccnc(-c2[c-]c(-c3cccc4c3nc(-c3ccccc3O)n4-c3ccccc3)cc(-c3ccccc3)c2)c1.[Pt]. The second-order valence-electron chi connectivity index (χ2n) is 12.0. The molecule has 4 nitrogen and oxygen atoms in total. The number of para-hydroxylation sites is 3. The van der Waals surface area contributed by atoms with Crippen molar-refractivity contribution in [2.75, 3.05) is 0 Å². The van der Waals surface area contributed by atoms with Gasteiger partial charge in [-0.15, -0.1) is 23.8 Å². The van der Waals surface area contributed by atoms with E-state index < -0.39 is 0 Å². The Morgan fingerprint density at radius 3 is 2.07 bits per heavy atom. The van der Waals surface area contributed by atoms with Crippen LogP contribution in [0.5, 0.6) is 5.75 Å². The molecule has 7 aromatic rings. The largest absolute Gasteiger partial charge is 0.507 e. The van der Waals surface area contributed by atoms with Crippen LogP contribution < -0.4 is 0 Å². The van der Waals surface area contributed by atoms with Crippen LogP contribution in [0.15, 0.2) is 134 Å².